The Balaban J connectivity index is 2.08. The van der Waals surface area contributed by atoms with E-state index in [4.69, 9.17) is 11.6 Å². The molecule has 0 unspecified atom stereocenters. The summed E-state index contributed by atoms with van der Waals surface area (Å²) in [5, 5.41) is 4.04. The van der Waals surface area contributed by atoms with Gasteiger partial charge in [-0.15, -0.1) is 0 Å². The fraction of sp³-hybridized carbons (Fsp3) is 0.0769. The maximum absolute atomic E-state index is 6.08. The van der Waals surface area contributed by atoms with Crippen LogP contribution in [0.1, 0.15) is 5.56 Å². The molecule has 0 heterocycles. The lowest BCUT2D eigenvalue weighted by Gasteiger charge is -2.08. The molecule has 16 heavy (non-hydrogen) atoms. The fourth-order valence-corrected chi connectivity index (χ4v) is 1.97. The number of anilines is 1. The van der Waals surface area contributed by atoms with Gasteiger partial charge in [0.05, 0.1) is 10.7 Å². The van der Waals surface area contributed by atoms with Gasteiger partial charge in [-0.1, -0.05) is 57.9 Å². The highest BCUT2D eigenvalue weighted by Crippen LogP contribution is 2.26. The van der Waals surface area contributed by atoms with Crippen molar-refractivity contribution in [3.05, 3.63) is 63.6 Å². The molecule has 1 N–H and O–H groups in total. The lowest BCUT2D eigenvalue weighted by atomic mass is 10.2. The molecule has 0 aromatic heterocycles. The van der Waals surface area contributed by atoms with Gasteiger partial charge in [-0.25, -0.2) is 0 Å². The topological polar surface area (TPSA) is 12.0 Å². The molecular formula is C13H11BrClN. The summed E-state index contributed by atoms with van der Waals surface area (Å²) < 4.78 is 1.02. The Morgan fingerprint density at radius 3 is 2.56 bits per heavy atom. The highest BCUT2D eigenvalue weighted by atomic mass is 79.9. The Labute approximate surface area is 109 Å². The monoisotopic (exact) mass is 295 g/mol. The van der Waals surface area contributed by atoms with E-state index in [1.807, 2.05) is 36.4 Å². The minimum atomic E-state index is 0.735. The molecule has 0 aliphatic carbocycles. The molecule has 0 amide bonds. The molecule has 0 atom stereocenters. The highest BCUT2D eigenvalue weighted by molar-refractivity contribution is 9.10. The Morgan fingerprint density at radius 2 is 1.81 bits per heavy atom. The van der Waals surface area contributed by atoms with Crippen LogP contribution >= 0.6 is 27.5 Å². The molecule has 0 radical (unpaired) electrons. The average molecular weight is 297 g/mol. The highest BCUT2D eigenvalue weighted by Gasteiger charge is 2.00. The Kier molecular flexibility index (Phi) is 3.86. The molecule has 82 valence electrons. The Morgan fingerprint density at radius 1 is 1.06 bits per heavy atom. The summed E-state index contributed by atoms with van der Waals surface area (Å²) in [5.41, 5.74) is 2.18. The van der Waals surface area contributed by atoms with Crippen molar-refractivity contribution in [2.75, 3.05) is 5.32 Å². The molecule has 0 aliphatic heterocycles. The quantitative estimate of drug-likeness (QED) is 0.864. The molecule has 1 nitrogen and oxygen atoms in total. The number of nitrogens with one attached hydrogen (secondary N) is 1. The predicted octanol–water partition coefficient (Wildman–Crippen LogP) is 4.71. The van der Waals surface area contributed by atoms with Crippen molar-refractivity contribution >= 4 is 33.2 Å². The zero-order valence-corrected chi connectivity index (χ0v) is 10.9. The minimum absolute atomic E-state index is 0.735. The minimum Gasteiger partial charge on any atom is -0.380 e. The van der Waals surface area contributed by atoms with Gasteiger partial charge in [0.1, 0.15) is 0 Å². The van der Waals surface area contributed by atoms with Crippen LogP contribution in [0.25, 0.3) is 0 Å². The summed E-state index contributed by atoms with van der Waals surface area (Å²) in [6.45, 7) is 0.775. The van der Waals surface area contributed by atoms with Gasteiger partial charge in [-0.2, -0.15) is 0 Å². The fourth-order valence-electron chi connectivity index (χ4n) is 1.43. The van der Waals surface area contributed by atoms with Crippen molar-refractivity contribution in [1.29, 1.82) is 0 Å². The van der Waals surface area contributed by atoms with Gasteiger partial charge in [0.15, 0.2) is 0 Å². The van der Waals surface area contributed by atoms with Crippen LogP contribution in [0.3, 0.4) is 0 Å². The van der Waals surface area contributed by atoms with Crippen molar-refractivity contribution in [1.82, 2.24) is 0 Å². The van der Waals surface area contributed by atoms with Crippen molar-refractivity contribution in [2.45, 2.75) is 6.54 Å². The van der Waals surface area contributed by atoms with Crippen LogP contribution in [0, 0.1) is 0 Å². The largest absolute Gasteiger partial charge is 0.380 e. The van der Waals surface area contributed by atoms with Crippen LogP contribution in [-0.4, -0.2) is 0 Å². The van der Waals surface area contributed by atoms with E-state index in [0.717, 1.165) is 21.7 Å². The van der Waals surface area contributed by atoms with E-state index < -0.39 is 0 Å². The molecular weight excluding hydrogens is 286 g/mol. The molecule has 0 spiro atoms. The summed E-state index contributed by atoms with van der Waals surface area (Å²) in [5.74, 6) is 0. The van der Waals surface area contributed by atoms with Gasteiger partial charge >= 0.3 is 0 Å². The lowest BCUT2D eigenvalue weighted by Crippen LogP contribution is -1.99. The summed E-state index contributed by atoms with van der Waals surface area (Å²) in [4.78, 5) is 0. The van der Waals surface area contributed by atoms with Crippen LogP contribution in [0.2, 0.25) is 5.02 Å². The van der Waals surface area contributed by atoms with E-state index >= 15 is 0 Å². The van der Waals surface area contributed by atoms with E-state index in [1.165, 1.54) is 5.56 Å². The van der Waals surface area contributed by atoms with Crippen molar-refractivity contribution in [2.24, 2.45) is 0 Å². The summed E-state index contributed by atoms with van der Waals surface area (Å²) >= 11 is 9.50. The standard InChI is InChI=1S/C13H11BrClN/c14-11-6-7-12(15)13(8-11)16-9-10-4-2-1-3-5-10/h1-8,16H,9H2. The first-order chi connectivity index (χ1) is 7.75. The van der Waals surface area contributed by atoms with Crippen molar-refractivity contribution in [3.8, 4) is 0 Å². The molecule has 2 aromatic rings. The van der Waals surface area contributed by atoms with Gasteiger partial charge in [0.25, 0.3) is 0 Å². The summed E-state index contributed by atoms with van der Waals surface area (Å²) in [6.07, 6.45) is 0. The Bertz CT molecular complexity index is 471. The SMILES string of the molecule is Clc1ccc(Br)cc1NCc1ccccc1. The van der Waals surface area contributed by atoms with Gasteiger partial charge in [-0.05, 0) is 23.8 Å². The lowest BCUT2D eigenvalue weighted by molar-refractivity contribution is 1.15. The molecule has 2 rings (SSSR count). The van der Waals surface area contributed by atoms with Gasteiger partial charge in [0, 0.05) is 11.0 Å². The number of hydrogen-bond donors (Lipinski definition) is 1. The van der Waals surface area contributed by atoms with Crippen molar-refractivity contribution in [3.63, 3.8) is 0 Å². The summed E-state index contributed by atoms with van der Waals surface area (Å²) in [7, 11) is 0. The molecule has 2 aromatic carbocycles. The number of hydrogen-bond acceptors (Lipinski definition) is 1. The van der Waals surface area contributed by atoms with Crippen LogP contribution in [-0.2, 0) is 6.54 Å². The molecule has 0 saturated carbocycles. The van der Waals surface area contributed by atoms with E-state index in [2.05, 4.69) is 33.4 Å². The van der Waals surface area contributed by atoms with E-state index in [0.29, 0.717) is 0 Å². The maximum Gasteiger partial charge on any atom is 0.0638 e. The summed E-state index contributed by atoms with van der Waals surface area (Å²) in [6, 6.07) is 16.0. The third-order valence-corrected chi connectivity index (χ3v) is 3.08. The van der Waals surface area contributed by atoms with Crippen LogP contribution in [0.15, 0.2) is 53.0 Å². The zero-order chi connectivity index (χ0) is 11.4. The second-order valence-corrected chi connectivity index (χ2v) is 4.79. The van der Waals surface area contributed by atoms with E-state index in [-0.39, 0.29) is 0 Å². The third kappa shape index (κ3) is 3.00. The van der Waals surface area contributed by atoms with Crippen LogP contribution in [0.5, 0.6) is 0 Å². The van der Waals surface area contributed by atoms with E-state index in [1.54, 1.807) is 0 Å². The van der Waals surface area contributed by atoms with Gasteiger partial charge in [0.2, 0.25) is 0 Å². The maximum atomic E-state index is 6.08. The molecule has 0 fully saturated rings. The zero-order valence-electron chi connectivity index (χ0n) is 8.58. The molecule has 0 bridgehead atoms. The molecule has 0 saturated heterocycles. The van der Waals surface area contributed by atoms with Crippen molar-refractivity contribution < 1.29 is 0 Å². The third-order valence-electron chi connectivity index (χ3n) is 2.25. The first-order valence-electron chi connectivity index (χ1n) is 4.98. The van der Waals surface area contributed by atoms with Gasteiger partial charge in [-0.3, -0.25) is 0 Å². The van der Waals surface area contributed by atoms with E-state index in [9.17, 15) is 0 Å². The van der Waals surface area contributed by atoms with Crippen LogP contribution in [0.4, 0.5) is 5.69 Å². The predicted molar refractivity (Wildman–Crippen MR) is 72.9 cm³/mol. The number of benzene rings is 2. The second kappa shape index (κ2) is 5.37. The number of rotatable bonds is 3. The molecule has 0 aliphatic rings. The normalized spacial score (nSPS) is 10.1. The molecule has 3 heteroatoms. The Hall–Kier alpha value is -0.990. The second-order valence-electron chi connectivity index (χ2n) is 3.46. The number of halogens is 2. The first-order valence-corrected chi connectivity index (χ1v) is 6.15. The van der Waals surface area contributed by atoms with Crippen LogP contribution < -0.4 is 5.32 Å². The average Bonchev–Trinajstić information content (AvgIpc) is 2.32. The first kappa shape index (κ1) is 11.5. The van der Waals surface area contributed by atoms with Gasteiger partial charge < -0.3 is 5.32 Å². The smallest absolute Gasteiger partial charge is 0.0638 e.